The third-order valence-corrected chi connectivity index (χ3v) is 7.14. The monoisotopic (exact) mass is 472 g/mol. The summed E-state index contributed by atoms with van der Waals surface area (Å²) >= 11 is 3.07. The SMILES string of the molecule is COCCN(Cc1ccccc1)C(=O)CSc1nnc(-c2cccs2)n1CC1CCCO1. The number of carbonyl (C=O) groups excluding carboxylic acids is 1. The smallest absolute Gasteiger partial charge is 0.233 e. The predicted molar refractivity (Wildman–Crippen MR) is 127 cm³/mol. The van der Waals surface area contributed by atoms with E-state index in [0.717, 1.165) is 40.9 Å². The van der Waals surface area contributed by atoms with Crippen molar-refractivity contribution in [3.8, 4) is 10.7 Å². The van der Waals surface area contributed by atoms with Crippen LogP contribution in [-0.4, -0.2) is 64.3 Å². The number of ether oxygens (including phenoxy) is 2. The Morgan fingerprint density at radius 1 is 1.28 bits per heavy atom. The lowest BCUT2D eigenvalue weighted by atomic mass is 10.2. The van der Waals surface area contributed by atoms with Crippen molar-refractivity contribution < 1.29 is 14.3 Å². The van der Waals surface area contributed by atoms with Crippen LogP contribution in [0.2, 0.25) is 0 Å². The summed E-state index contributed by atoms with van der Waals surface area (Å²) in [4.78, 5) is 16.0. The van der Waals surface area contributed by atoms with Crippen LogP contribution in [0.1, 0.15) is 18.4 Å². The Morgan fingerprint density at radius 3 is 2.88 bits per heavy atom. The van der Waals surface area contributed by atoms with Gasteiger partial charge < -0.3 is 14.4 Å². The molecule has 0 bridgehead atoms. The van der Waals surface area contributed by atoms with Gasteiger partial charge in [-0.15, -0.1) is 21.5 Å². The van der Waals surface area contributed by atoms with Crippen LogP contribution < -0.4 is 0 Å². The molecule has 0 radical (unpaired) electrons. The molecule has 3 aromatic rings. The van der Waals surface area contributed by atoms with Gasteiger partial charge in [0.05, 0.1) is 29.9 Å². The van der Waals surface area contributed by atoms with Crippen molar-refractivity contribution in [1.82, 2.24) is 19.7 Å². The fourth-order valence-corrected chi connectivity index (χ4v) is 5.22. The maximum Gasteiger partial charge on any atom is 0.233 e. The first kappa shape index (κ1) is 23.0. The van der Waals surface area contributed by atoms with Crippen molar-refractivity contribution in [3.05, 3.63) is 53.4 Å². The maximum atomic E-state index is 13.1. The highest BCUT2D eigenvalue weighted by atomic mass is 32.2. The predicted octanol–water partition coefficient (Wildman–Crippen LogP) is 3.95. The summed E-state index contributed by atoms with van der Waals surface area (Å²) in [5, 5.41) is 11.7. The van der Waals surface area contributed by atoms with E-state index in [1.165, 1.54) is 11.8 Å². The number of amides is 1. The van der Waals surface area contributed by atoms with Crippen LogP contribution in [0.25, 0.3) is 10.7 Å². The zero-order valence-electron chi connectivity index (χ0n) is 18.2. The number of carbonyl (C=O) groups is 1. The van der Waals surface area contributed by atoms with Crippen molar-refractivity contribution in [1.29, 1.82) is 0 Å². The molecule has 2 aromatic heterocycles. The molecule has 1 saturated heterocycles. The standard InChI is InChI=1S/C23H28N4O3S2/c1-29-13-11-26(15-18-7-3-2-4-8-18)21(28)17-32-23-25-24-22(20-10-6-14-31-20)27(23)16-19-9-5-12-30-19/h2-4,6-8,10,14,19H,5,9,11-13,15-17H2,1H3. The number of methoxy groups -OCH3 is 1. The molecule has 1 aliphatic rings. The highest BCUT2D eigenvalue weighted by Crippen LogP contribution is 2.29. The van der Waals surface area contributed by atoms with Gasteiger partial charge in [-0.1, -0.05) is 48.2 Å². The Hall–Kier alpha value is -2.20. The second kappa shape index (κ2) is 11.6. The minimum absolute atomic E-state index is 0.0558. The third-order valence-electron chi connectivity index (χ3n) is 5.33. The van der Waals surface area contributed by atoms with Gasteiger partial charge in [0.25, 0.3) is 0 Å². The number of benzene rings is 1. The molecular weight excluding hydrogens is 444 g/mol. The molecule has 4 rings (SSSR count). The van der Waals surface area contributed by atoms with Gasteiger partial charge in [-0.25, -0.2) is 0 Å². The summed E-state index contributed by atoms with van der Waals surface area (Å²) in [5.74, 6) is 1.19. The summed E-state index contributed by atoms with van der Waals surface area (Å²) < 4.78 is 13.2. The molecule has 170 valence electrons. The van der Waals surface area contributed by atoms with Crippen LogP contribution in [0.5, 0.6) is 0 Å². The van der Waals surface area contributed by atoms with Crippen LogP contribution in [0.4, 0.5) is 0 Å². The highest BCUT2D eigenvalue weighted by Gasteiger charge is 2.23. The van der Waals surface area contributed by atoms with E-state index in [2.05, 4.69) is 14.8 Å². The number of nitrogens with zero attached hydrogens (tertiary/aromatic N) is 4. The van der Waals surface area contributed by atoms with E-state index in [4.69, 9.17) is 9.47 Å². The molecule has 1 unspecified atom stereocenters. The molecule has 1 amide bonds. The summed E-state index contributed by atoms with van der Waals surface area (Å²) in [5.41, 5.74) is 1.10. The number of thioether (sulfide) groups is 1. The van der Waals surface area contributed by atoms with Gasteiger partial charge in [-0.05, 0) is 29.9 Å². The van der Waals surface area contributed by atoms with Crippen LogP contribution in [0.3, 0.4) is 0 Å². The average Bonchev–Trinajstić information content (AvgIpc) is 3.58. The Morgan fingerprint density at radius 2 is 2.16 bits per heavy atom. The third kappa shape index (κ3) is 5.98. The van der Waals surface area contributed by atoms with Crippen molar-refractivity contribution in [2.75, 3.05) is 32.6 Å². The first-order valence-corrected chi connectivity index (χ1v) is 12.6. The Kier molecular flexibility index (Phi) is 8.33. The minimum Gasteiger partial charge on any atom is -0.383 e. The van der Waals surface area contributed by atoms with Crippen molar-refractivity contribution in [2.24, 2.45) is 0 Å². The van der Waals surface area contributed by atoms with Gasteiger partial charge in [-0.3, -0.25) is 9.36 Å². The van der Waals surface area contributed by atoms with Gasteiger partial charge in [-0.2, -0.15) is 0 Å². The fourth-order valence-electron chi connectivity index (χ4n) is 3.65. The molecule has 32 heavy (non-hydrogen) atoms. The Bertz CT molecular complexity index is 973. The minimum atomic E-state index is 0.0558. The van der Waals surface area contributed by atoms with E-state index in [9.17, 15) is 4.79 Å². The van der Waals surface area contributed by atoms with Crippen molar-refractivity contribution in [2.45, 2.75) is 37.2 Å². The lowest BCUT2D eigenvalue weighted by molar-refractivity contribution is -0.129. The van der Waals surface area contributed by atoms with Gasteiger partial charge in [0, 0.05) is 26.8 Å². The summed E-state index contributed by atoms with van der Waals surface area (Å²) in [7, 11) is 1.65. The largest absolute Gasteiger partial charge is 0.383 e. The van der Waals surface area contributed by atoms with E-state index in [1.807, 2.05) is 52.7 Å². The lowest BCUT2D eigenvalue weighted by Gasteiger charge is -2.22. The second-order valence-electron chi connectivity index (χ2n) is 7.61. The van der Waals surface area contributed by atoms with Crippen LogP contribution in [0, 0.1) is 0 Å². The number of hydrogen-bond acceptors (Lipinski definition) is 7. The van der Waals surface area contributed by atoms with Crippen LogP contribution in [0.15, 0.2) is 53.0 Å². The zero-order valence-corrected chi connectivity index (χ0v) is 19.8. The van der Waals surface area contributed by atoms with E-state index >= 15 is 0 Å². The molecule has 0 aliphatic carbocycles. The quantitative estimate of drug-likeness (QED) is 0.394. The molecule has 1 aliphatic heterocycles. The second-order valence-corrected chi connectivity index (χ2v) is 9.50. The number of rotatable bonds is 11. The van der Waals surface area contributed by atoms with E-state index in [0.29, 0.717) is 32.0 Å². The fraction of sp³-hybridized carbons (Fsp3) is 0.435. The molecule has 0 spiro atoms. The Labute approximate surface area is 196 Å². The van der Waals surface area contributed by atoms with Crippen LogP contribution >= 0.6 is 23.1 Å². The highest BCUT2D eigenvalue weighted by molar-refractivity contribution is 7.99. The summed E-state index contributed by atoms with van der Waals surface area (Å²) in [6, 6.07) is 14.1. The first-order valence-electron chi connectivity index (χ1n) is 10.8. The number of thiophene rings is 1. The molecule has 1 aromatic carbocycles. The van der Waals surface area contributed by atoms with E-state index < -0.39 is 0 Å². The molecule has 1 fully saturated rings. The first-order chi connectivity index (χ1) is 15.7. The summed E-state index contributed by atoms with van der Waals surface area (Å²) in [6.45, 7) is 3.12. The molecule has 9 heteroatoms. The van der Waals surface area contributed by atoms with Crippen molar-refractivity contribution in [3.63, 3.8) is 0 Å². The number of aromatic nitrogens is 3. The van der Waals surface area contributed by atoms with E-state index in [-0.39, 0.29) is 12.0 Å². The summed E-state index contributed by atoms with van der Waals surface area (Å²) in [6.07, 6.45) is 2.28. The average molecular weight is 473 g/mol. The van der Waals surface area contributed by atoms with Gasteiger partial charge in [0.1, 0.15) is 0 Å². The van der Waals surface area contributed by atoms with Crippen LogP contribution in [-0.2, 0) is 27.4 Å². The molecule has 3 heterocycles. The topological polar surface area (TPSA) is 69.5 Å². The lowest BCUT2D eigenvalue weighted by Crippen LogP contribution is -2.34. The zero-order chi connectivity index (χ0) is 22.2. The molecule has 0 saturated carbocycles. The van der Waals surface area contributed by atoms with E-state index in [1.54, 1.807) is 18.4 Å². The Balaban J connectivity index is 1.46. The molecule has 7 nitrogen and oxygen atoms in total. The number of hydrogen-bond donors (Lipinski definition) is 0. The van der Waals surface area contributed by atoms with Gasteiger partial charge in [0.15, 0.2) is 11.0 Å². The molecular formula is C23H28N4O3S2. The molecule has 0 N–H and O–H groups in total. The normalized spacial score (nSPS) is 15.8. The maximum absolute atomic E-state index is 13.1. The van der Waals surface area contributed by atoms with Crippen molar-refractivity contribution >= 4 is 29.0 Å². The van der Waals surface area contributed by atoms with Gasteiger partial charge in [0.2, 0.25) is 5.91 Å². The molecule has 1 atom stereocenters. The van der Waals surface area contributed by atoms with Gasteiger partial charge >= 0.3 is 0 Å².